The maximum absolute atomic E-state index is 13.1. The number of rotatable bonds is 7. The standard InChI is InChI=1S/C22H28N2O3S/c1-3-17(2)20-11-7-8-12-21(20)23-15-22(25)24(18-9-5-4-6-10-18)19-13-14-28(26,27)16-19/h4-12,17,19,23H,3,13-16H2,1-2H3/t17-,19-/m0/s1. The van der Waals surface area contributed by atoms with Gasteiger partial charge in [0, 0.05) is 11.4 Å². The first-order valence-electron chi connectivity index (χ1n) is 9.81. The highest BCUT2D eigenvalue weighted by atomic mass is 32.2. The molecule has 1 aliphatic heterocycles. The second-order valence-electron chi connectivity index (χ2n) is 7.41. The zero-order chi connectivity index (χ0) is 20.1. The maximum Gasteiger partial charge on any atom is 0.246 e. The van der Waals surface area contributed by atoms with Gasteiger partial charge in [-0.1, -0.05) is 50.2 Å². The lowest BCUT2D eigenvalue weighted by atomic mass is 9.97. The van der Waals surface area contributed by atoms with Crippen LogP contribution in [-0.4, -0.2) is 38.4 Å². The highest BCUT2D eigenvalue weighted by Gasteiger charge is 2.35. The van der Waals surface area contributed by atoms with Crippen molar-refractivity contribution < 1.29 is 13.2 Å². The highest BCUT2D eigenvalue weighted by molar-refractivity contribution is 7.91. The monoisotopic (exact) mass is 400 g/mol. The van der Waals surface area contributed by atoms with Gasteiger partial charge in [-0.15, -0.1) is 0 Å². The van der Waals surface area contributed by atoms with Crippen LogP contribution in [0.4, 0.5) is 11.4 Å². The summed E-state index contributed by atoms with van der Waals surface area (Å²) in [7, 11) is -3.08. The molecule has 1 saturated heterocycles. The lowest BCUT2D eigenvalue weighted by molar-refractivity contribution is -0.117. The van der Waals surface area contributed by atoms with Crippen molar-refractivity contribution in [3.05, 3.63) is 60.2 Å². The number of carbonyl (C=O) groups is 1. The van der Waals surface area contributed by atoms with Crippen molar-refractivity contribution in [2.45, 2.75) is 38.6 Å². The average molecular weight is 401 g/mol. The molecule has 0 unspecified atom stereocenters. The first-order valence-corrected chi connectivity index (χ1v) is 11.6. The van der Waals surface area contributed by atoms with E-state index in [1.54, 1.807) is 4.90 Å². The summed E-state index contributed by atoms with van der Waals surface area (Å²) >= 11 is 0. The first kappa shape index (κ1) is 20.4. The van der Waals surface area contributed by atoms with Crippen LogP contribution in [0, 0.1) is 0 Å². The van der Waals surface area contributed by atoms with Gasteiger partial charge in [0.2, 0.25) is 5.91 Å². The van der Waals surface area contributed by atoms with E-state index < -0.39 is 9.84 Å². The molecule has 5 nitrogen and oxygen atoms in total. The smallest absolute Gasteiger partial charge is 0.246 e. The highest BCUT2D eigenvalue weighted by Crippen LogP contribution is 2.27. The molecule has 1 amide bonds. The van der Waals surface area contributed by atoms with Crippen LogP contribution in [0.2, 0.25) is 0 Å². The third-order valence-electron chi connectivity index (χ3n) is 5.41. The fourth-order valence-corrected chi connectivity index (χ4v) is 5.39. The van der Waals surface area contributed by atoms with Crippen molar-refractivity contribution in [2.24, 2.45) is 0 Å². The fraction of sp³-hybridized carbons (Fsp3) is 0.409. The second-order valence-corrected chi connectivity index (χ2v) is 9.63. The largest absolute Gasteiger partial charge is 0.376 e. The normalized spacial score (nSPS) is 19.1. The van der Waals surface area contributed by atoms with Gasteiger partial charge in [0.1, 0.15) is 0 Å². The molecule has 0 radical (unpaired) electrons. The number of para-hydroxylation sites is 2. The zero-order valence-corrected chi connectivity index (χ0v) is 17.3. The van der Waals surface area contributed by atoms with E-state index in [1.807, 2.05) is 48.5 Å². The molecule has 6 heteroatoms. The van der Waals surface area contributed by atoms with Crippen LogP contribution < -0.4 is 10.2 Å². The van der Waals surface area contributed by atoms with Crippen molar-refractivity contribution in [1.82, 2.24) is 0 Å². The molecule has 0 aromatic heterocycles. The summed E-state index contributed by atoms with van der Waals surface area (Å²) in [6.07, 6.45) is 1.50. The number of anilines is 2. The molecule has 0 spiro atoms. The predicted octanol–water partition coefficient (Wildman–Crippen LogP) is 3.83. The molecule has 1 heterocycles. The first-order chi connectivity index (χ1) is 13.4. The van der Waals surface area contributed by atoms with Crippen LogP contribution >= 0.6 is 0 Å². The summed E-state index contributed by atoms with van der Waals surface area (Å²) in [6, 6.07) is 17.1. The Balaban J connectivity index is 1.80. The van der Waals surface area contributed by atoms with E-state index >= 15 is 0 Å². The molecule has 0 saturated carbocycles. The van der Waals surface area contributed by atoms with Gasteiger partial charge in [0.25, 0.3) is 0 Å². The SMILES string of the molecule is CC[C@H](C)c1ccccc1NCC(=O)N(c1ccccc1)[C@H]1CCS(=O)(=O)C1. The van der Waals surface area contributed by atoms with E-state index in [4.69, 9.17) is 0 Å². The molecule has 150 valence electrons. The van der Waals surface area contributed by atoms with Gasteiger partial charge in [-0.2, -0.15) is 0 Å². The summed E-state index contributed by atoms with van der Waals surface area (Å²) in [5.41, 5.74) is 2.89. The third-order valence-corrected chi connectivity index (χ3v) is 7.16. The van der Waals surface area contributed by atoms with E-state index in [0.29, 0.717) is 12.3 Å². The fourth-order valence-electron chi connectivity index (χ4n) is 3.69. The average Bonchev–Trinajstić information content (AvgIpc) is 3.06. The van der Waals surface area contributed by atoms with Crippen LogP contribution in [0.15, 0.2) is 54.6 Å². The van der Waals surface area contributed by atoms with Crippen molar-refractivity contribution in [3.8, 4) is 0 Å². The second kappa shape index (κ2) is 8.78. The van der Waals surface area contributed by atoms with E-state index in [0.717, 1.165) is 17.8 Å². The van der Waals surface area contributed by atoms with Crippen molar-refractivity contribution in [3.63, 3.8) is 0 Å². The molecular weight excluding hydrogens is 372 g/mol. The van der Waals surface area contributed by atoms with E-state index in [2.05, 4.69) is 25.2 Å². The number of sulfone groups is 1. The number of amides is 1. The summed E-state index contributed by atoms with van der Waals surface area (Å²) in [5.74, 6) is 0.437. The van der Waals surface area contributed by atoms with Gasteiger partial charge in [-0.05, 0) is 42.5 Å². The number of hydrogen-bond acceptors (Lipinski definition) is 4. The Morgan fingerprint density at radius 1 is 1.14 bits per heavy atom. The lowest BCUT2D eigenvalue weighted by Crippen LogP contribution is -2.44. The molecule has 0 aliphatic carbocycles. The Hall–Kier alpha value is -2.34. The maximum atomic E-state index is 13.1. The topological polar surface area (TPSA) is 66.5 Å². The Labute approximate surface area is 167 Å². The van der Waals surface area contributed by atoms with Crippen LogP contribution in [0.5, 0.6) is 0 Å². The summed E-state index contributed by atoms with van der Waals surface area (Å²) in [4.78, 5) is 14.8. The Morgan fingerprint density at radius 3 is 2.46 bits per heavy atom. The lowest BCUT2D eigenvalue weighted by Gasteiger charge is -2.29. The molecule has 2 aromatic carbocycles. The van der Waals surface area contributed by atoms with Gasteiger partial charge in [-0.25, -0.2) is 8.42 Å². The molecule has 3 rings (SSSR count). The van der Waals surface area contributed by atoms with E-state index in [1.165, 1.54) is 5.56 Å². The number of nitrogens with one attached hydrogen (secondary N) is 1. The molecule has 28 heavy (non-hydrogen) atoms. The predicted molar refractivity (Wildman–Crippen MR) is 115 cm³/mol. The van der Waals surface area contributed by atoms with Crippen molar-refractivity contribution >= 4 is 27.1 Å². The minimum Gasteiger partial charge on any atom is -0.376 e. The molecule has 1 fully saturated rings. The van der Waals surface area contributed by atoms with Crippen LogP contribution in [0.1, 0.15) is 38.2 Å². The number of hydrogen-bond donors (Lipinski definition) is 1. The summed E-state index contributed by atoms with van der Waals surface area (Å²) in [5, 5.41) is 3.28. The van der Waals surface area contributed by atoms with Crippen molar-refractivity contribution in [2.75, 3.05) is 28.3 Å². The summed E-state index contributed by atoms with van der Waals surface area (Å²) < 4.78 is 24.0. The molecule has 2 aromatic rings. The molecule has 1 N–H and O–H groups in total. The van der Waals surface area contributed by atoms with Gasteiger partial charge in [0.15, 0.2) is 9.84 Å². The van der Waals surface area contributed by atoms with Gasteiger partial charge < -0.3 is 10.2 Å². The minimum absolute atomic E-state index is 0.0249. The van der Waals surface area contributed by atoms with Crippen LogP contribution in [-0.2, 0) is 14.6 Å². The number of nitrogens with zero attached hydrogens (tertiary/aromatic N) is 1. The van der Waals surface area contributed by atoms with E-state index in [-0.39, 0.29) is 30.0 Å². The third kappa shape index (κ3) is 4.73. The summed E-state index contributed by atoms with van der Waals surface area (Å²) in [6.45, 7) is 4.44. The molecular formula is C22H28N2O3S. The van der Waals surface area contributed by atoms with Gasteiger partial charge in [0.05, 0.1) is 24.1 Å². The Bertz CT molecular complexity index is 912. The number of carbonyl (C=O) groups excluding carboxylic acids is 1. The Kier molecular flexibility index (Phi) is 6.39. The Morgan fingerprint density at radius 2 is 1.82 bits per heavy atom. The number of benzene rings is 2. The minimum atomic E-state index is -3.08. The van der Waals surface area contributed by atoms with E-state index in [9.17, 15) is 13.2 Å². The molecule has 0 bridgehead atoms. The van der Waals surface area contributed by atoms with Crippen LogP contribution in [0.25, 0.3) is 0 Å². The van der Waals surface area contributed by atoms with Gasteiger partial charge in [-0.3, -0.25) is 4.79 Å². The van der Waals surface area contributed by atoms with Crippen molar-refractivity contribution in [1.29, 1.82) is 0 Å². The van der Waals surface area contributed by atoms with Gasteiger partial charge >= 0.3 is 0 Å². The molecule has 1 aliphatic rings. The quantitative estimate of drug-likeness (QED) is 0.767. The zero-order valence-electron chi connectivity index (χ0n) is 16.5. The van der Waals surface area contributed by atoms with Crippen LogP contribution in [0.3, 0.4) is 0 Å². The molecule has 2 atom stereocenters.